The molecule has 0 radical (unpaired) electrons. The minimum absolute atomic E-state index is 0.116. The quantitative estimate of drug-likeness (QED) is 0.584. The zero-order chi connectivity index (χ0) is 21.8. The van der Waals surface area contributed by atoms with E-state index >= 15 is 0 Å². The maximum atomic E-state index is 9.07. The van der Waals surface area contributed by atoms with Gasteiger partial charge in [0, 0.05) is 6.61 Å². The van der Waals surface area contributed by atoms with Crippen molar-refractivity contribution in [3.05, 3.63) is 41.2 Å². The van der Waals surface area contributed by atoms with E-state index in [1.165, 1.54) is 6.42 Å². The molecule has 1 saturated carbocycles. The highest BCUT2D eigenvalue weighted by Crippen LogP contribution is 2.27. The zero-order valence-corrected chi connectivity index (χ0v) is 18.0. The summed E-state index contributed by atoms with van der Waals surface area (Å²) in [5.41, 5.74) is 10.9. The molecule has 4 rings (SSSR count). The predicted molar refractivity (Wildman–Crippen MR) is 121 cm³/mol. The average Bonchev–Trinajstić information content (AvgIpc) is 2.75. The topological polar surface area (TPSA) is 119 Å². The monoisotopic (exact) mass is 420 g/mol. The Hall–Kier alpha value is -3.13. The highest BCUT2D eigenvalue weighted by atomic mass is 16.5. The smallest absolute Gasteiger partial charge is 0.247 e. The van der Waals surface area contributed by atoms with Crippen LogP contribution < -0.4 is 10.5 Å². The van der Waals surface area contributed by atoms with Gasteiger partial charge in [-0.05, 0) is 63.6 Å². The van der Waals surface area contributed by atoms with Gasteiger partial charge < -0.3 is 15.6 Å². The van der Waals surface area contributed by atoms with Gasteiger partial charge in [-0.3, -0.25) is 4.99 Å². The lowest BCUT2D eigenvalue weighted by Crippen LogP contribution is -2.21. The number of aliphatic hydroxyl groups excluding tert-OH is 1. The zero-order valence-electron chi connectivity index (χ0n) is 18.0. The minimum Gasteiger partial charge on any atom is -0.473 e. The van der Waals surface area contributed by atoms with Crippen molar-refractivity contribution in [2.45, 2.75) is 58.5 Å². The maximum Gasteiger partial charge on any atom is 0.247 e. The third-order valence-corrected chi connectivity index (χ3v) is 5.50. The molecule has 3 N–H and O–H groups in total. The number of rotatable bonds is 6. The van der Waals surface area contributed by atoms with Crippen LogP contribution in [-0.2, 0) is 6.42 Å². The van der Waals surface area contributed by atoms with Crippen LogP contribution in [0.3, 0.4) is 0 Å². The van der Waals surface area contributed by atoms with Gasteiger partial charge in [-0.15, -0.1) is 0 Å². The van der Waals surface area contributed by atoms with E-state index < -0.39 is 0 Å². The van der Waals surface area contributed by atoms with Gasteiger partial charge in [0.25, 0.3) is 0 Å². The summed E-state index contributed by atoms with van der Waals surface area (Å²) < 4.78 is 6.18. The van der Waals surface area contributed by atoms with Crippen molar-refractivity contribution < 1.29 is 9.84 Å². The molecule has 1 aliphatic rings. The van der Waals surface area contributed by atoms with Crippen molar-refractivity contribution >= 4 is 28.5 Å². The largest absolute Gasteiger partial charge is 0.473 e. The second kappa shape index (κ2) is 9.34. The van der Waals surface area contributed by atoms with Gasteiger partial charge in [0.1, 0.15) is 11.8 Å². The Balaban J connectivity index is 1.69. The Labute approximate surface area is 181 Å². The molecule has 0 unspecified atom stereocenters. The molecule has 1 aromatic carbocycles. The van der Waals surface area contributed by atoms with Crippen LogP contribution in [0.1, 0.15) is 56.0 Å². The van der Waals surface area contributed by atoms with Gasteiger partial charge in [0.2, 0.25) is 11.8 Å². The molecule has 1 fully saturated rings. The Bertz CT molecular complexity index is 1090. The molecular weight excluding hydrogens is 392 g/mol. The lowest BCUT2D eigenvalue weighted by Gasteiger charge is -2.22. The number of aryl methyl sites for hydroxylation is 1. The number of fused-ring (bicyclic) bond motifs is 1. The van der Waals surface area contributed by atoms with E-state index in [0.29, 0.717) is 34.9 Å². The number of aliphatic imine (C=N–C) groups is 1. The Morgan fingerprint density at radius 1 is 1.10 bits per heavy atom. The van der Waals surface area contributed by atoms with E-state index in [1.807, 2.05) is 38.1 Å². The summed E-state index contributed by atoms with van der Waals surface area (Å²) in [5.74, 6) is 0.525. The van der Waals surface area contributed by atoms with E-state index in [1.54, 1.807) is 0 Å². The number of ether oxygens (including phenoxy) is 1. The molecule has 0 saturated heterocycles. The lowest BCUT2D eigenvalue weighted by molar-refractivity contribution is 0.150. The number of nitrogen functional groups attached to an aromatic ring is 1. The molecule has 0 bridgehead atoms. The Morgan fingerprint density at radius 2 is 1.84 bits per heavy atom. The van der Waals surface area contributed by atoms with Crippen molar-refractivity contribution in [2.24, 2.45) is 4.99 Å². The van der Waals surface area contributed by atoms with Crippen LogP contribution in [0.5, 0.6) is 5.88 Å². The van der Waals surface area contributed by atoms with E-state index in [4.69, 9.17) is 25.6 Å². The van der Waals surface area contributed by atoms with Crippen LogP contribution in [0, 0.1) is 6.92 Å². The number of hydrogen-bond acceptors (Lipinski definition) is 8. The van der Waals surface area contributed by atoms with Crippen molar-refractivity contribution in [3.63, 3.8) is 0 Å². The highest BCUT2D eigenvalue weighted by Gasteiger charge is 2.20. The molecule has 2 aromatic heterocycles. The number of benzene rings is 1. The summed E-state index contributed by atoms with van der Waals surface area (Å²) >= 11 is 0. The molecule has 2 heterocycles. The normalized spacial score (nSPS) is 15.4. The third kappa shape index (κ3) is 4.96. The Kier molecular flexibility index (Phi) is 6.36. The van der Waals surface area contributed by atoms with E-state index in [0.717, 1.165) is 42.6 Å². The first-order chi connectivity index (χ1) is 15.0. The number of aromatic nitrogens is 4. The van der Waals surface area contributed by atoms with Gasteiger partial charge in [0.15, 0.2) is 11.2 Å². The summed E-state index contributed by atoms with van der Waals surface area (Å²) in [7, 11) is 0. The molecule has 8 heteroatoms. The van der Waals surface area contributed by atoms with Gasteiger partial charge in [-0.25, -0.2) is 9.97 Å². The molecule has 8 nitrogen and oxygen atoms in total. The fourth-order valence-electron chi connectivity index (χ4n) is 3.90. The lowest BCUT2D eigenvalue weighted by atomic mass is 9.98. The maximum absolute atomic E-state index is 9.07. The second-order valence-electron chi connectivity index (χ2n) is 7.93. The van der Waals surface area contributed by atoms with Crippen LogP contribution in [0.4, 0.5) is 11.6 Å². The van der Waals surface area contributed by atoms with Crippen LogP contribution in [0.15, 0.2) is 29.3 Å². The molecule has 31 heavy (non-hydrogen) atoms. The van der Waals surface area contributed by atoms with Crippen LogP contribution in [0.25, 0.3) is 11.2 Å². The molecule has 0 amide bonds. The summed E-state index contributed by atoms with van der Waals surface area (Å²) in [5, 5.41) is 9.07. The predicted octanol–water partition coefficient (Wildman–Crippen LogP) is 3.70. The van der Waals surface area contributed by atoms with Crippen molar-refractivity contribution in [1.82, 2.24) is 19.9 Å². The third-order valence-electron chi connectivity index (χ3n) is 5.50. The van der Waals surface area contributed by atoms with Crippen LogP contribution in [-0.4, -0.2) is 43.5 Å². The molecule has 0 aliphatic heterocycles. The minimum atomic E-state index is 0.116. The van der Waals surface area contributed by atoms with Crippen LogP contribution >= 0.6 is 0 Å². The second-order valence-corrected chi connectivity index (χ2v) is 7.93. The van der Waals surface area contributed by atoms with Gasteiger partial charge >= 0.3 is 0 Å². The van der Waals surface area contributed by atoms with E-state index in [2.05, 4.69) is 15.0 Å². The van der Waals surface area contributed by atoms with Gasteiger partial charge in [0.05, 0.1) is 17.1 Å². The molecular formula is C23H28N6O2. The fraction of sp³-hybridized carbons (Fsp3) is 0.435. The van der Waals surface area contributed by atoms with Crippen molar-refractivity contribution in [1.29, 1.82) is 0 Å². The summed E-state index contributed by atoms with van der Waals surface area (Å²) in [6, 6.07) is 7.79. The summed E-state index contributed by atoms with van der Waals surface area (Å²) in [4.78, 5) is 22.7. The van der Waals surface area contributed by atoms with E-state index in [-0.39, 0.29) is 18.7 Å². The first kappa shape index (κ1) is 21.1. The highest BCUT2D eigenvalue weighted by molar-refractivity contribution is 6.00. The SMILES string of the molecule is CC(=Nc1ccc(CCO)cc1)c1nc2c(OC3CCCCC3)nc(N)nc2nc1C. The number of anilines is 1. The molecule has 1 aliphatic carbocycles. The van der Waals surface area contributed by atoms with E-state index in [9.17, 15) is 0 Å². The molecule has 162 valence electrons. The standard InChI is InChI=1S/C23H28N6O2/c1-14(25-17-10-8-16(9-11-17)12-13-30)19-15(2)26-21-20(27-19)22(29-23(24)28-21)31-18-6-4-3-5-7-18/h8-11,18,30H,3-7,12-13H2,1-2H3,(H2,24,26,28,29). The molecule has 3 aromatic rings. The number of aliphatic hydroxyl groups is 1. The van der Waals surface area contributed by atoms with Gasteiger partial charge in [-0.1, -0.05) is 18.6 Å². The molecule has 0 spiro atoms. The summed E-state index contributed by atoms with van der Waals surface area (Å²) in [6.07, 6.45) is 6.31. The Morgan fingerprint density at radius 3 is 2.55 bits per heavy atom. The molecule has 0 atom stereocenters. The fourth-order valence-corrected chi connectivity index (χ4v) is 3.90. The number of hydrogen-bond donors (Lipinski definition) is 2. The van der Waals surface area contributed by atoms with Crippen molar-refractivity contribution in [3.8, 4) is 5.88 Å². The van der Waals surface area contributed by atoms with Crippen LogP contribution in [0.2, 0.25) is 0 Å². The van der Waals surface area contributed by atoms with Crippen molar-refractivity contribution in [2.75, 3.05) is 12.3 Å². The number of nitrogens with zero attached hydrogens (tertiary/aromatic N) is 5. The average molecular weight is 421 g/mol. The summed E-state index contributed by atoms with van der Waals surface area (Å²) in [6.45, 7) is 3.92. The first-order valence-electron chi connectivity index (χ1n) is 10.8. The van der Waals surface area contributed by atoms with Gasteiger partial charge in [-0.2, -0.15) is 9.97 Å². The first-order valence-corrected chi connectivity index (χ1v) is 10.8. The number of nitrogens with two attached hydrogens (primary N) is 1.